The number of aliphatic hydroxyl groups excluding tert-OH is 1. The van der Waals surface area contributed by atoms with Gasteiger partial charge in [0, 0.05) is 45.3 Å². The van der Waals surface area contributed by atoms with Crippen LogP contribution < -0.4 is 20.1 Å². The monoisotopic (exact) mass is 434 g/mol. The lowest BCUT2D eigenvalue weighted by atomic mass is 9.94. The first-order valence-corrected chi connectivity index (χ1v) is 11.5. The molecule has 0 aromatic heterocycles. The van der Waals surface area contributed by atoms with Gasteiger partial charge < -0.3 is 35.0 Å². The van der Waals surface area contributed by atoms with Crippen LogP contribution in [-0.2, 0) is 6.54 Å². The number of nitrogens with zero attached hydrogens (tertiary/aromatic N) is 2. The van der Waals surface area contributed by atoms with E-state index in [1.165, 1.54) is 32.1 Å². The van der Waals surface area contributed by atoms with Gasteiger partial charge in [-0.2, -0.15) is 0 Å². The van der Waals surface area contributed by atoms with E-state index in [9.17, 15) is 9.90 Å². The molecule has 1 saturated carbocycles. The Labute approximate surface area is 185 Å². The SMILES string of the molecule is COc1cc(CNCCN2CCNC2=O)ccc1OC[C@H](O)CN(C)C1CCCCC1. The Morgan fingerprint density at radius 2 is 2.10 bits per heavy atom. The predicted octanol–water partition coefficient (Wildman–Crippen LogP) is 1.81. The summed E-state index contributed by atoms with van der Waals surface area (Å²) in [6.45, 7) is 4.45. The standard InChI is InChI=1S/C23H38N4O4/c1-26(19-6-4-3-5-7-19)16-20(28)17-31-21-9-8-18(14-22(21)30-2)15-24-10-12-27-13-11-25-23(27)29/h8-9,14,19-20,24,28H,3-7,10-13,15-17H2,1-2H3,(H,25,29)/t20-/m1/s1. The van der Waals surface area contributed by atoms with Crippen LogP contribution in [-0.4, -0.2) is 86.6 Å². The summed E-state index contributed by atoms with van der Waals surface area (Å²) in [4.78, 5) is 15.6. The van der Waals surface area contributed by atoms with Gasteiger partial charge in [-0.05, 0) is 37.6 Å². The number of likely N-dealkylation sites (N-methyl/N-ethyl adjacent to an activating group) is 1. The first-order chi connectivity index (χ1) is 15.1. The van der Waals surface area contributed by atoms with Crippen molar-refractivity contribution >= 4 is 6.03 Å². The van der Waals surface area contributed by atoms with Gasteiger partial charge in [-0.25, -0.2) is 4.79 Å². The summed E-state index contributed by atoms with van der Waals surface area (Å²) in [5.41, 5.74) is 1.08. The number of urea groups is 1. The van der Waals surface area contributed by atoms with Crippen molar-refractivity contribution in [1.82, 2.24) is 20.4 Å². The van der Waals surface area contributed by atoms with E-state index in [-0.39, 0.29) is 12.6 Å². The first-order valence-electron chi connectivity index (χ1n) is 11.5. The molecular weight excluding hydrogens is 396 g/mol. The number of carbonyl (C=O) groups is 1. The summed E-state index contributed by atoms with van der Waals surface area (Å²) >= 11 is 0. The third kappa shape index (κ3) is 7.26. The zero-order valence-corrected chi connectivity index (χ0v) is 18.9. The number of ether oxygens (including phenoxy) is 2. The predicted molar refractivity (Wildman–Crippen MR) is 121 cm³/mol. The van der Waals surface area contributed by atoms with E-state index >= 15 is 0 Å². The van der Waals surface area contributed by atoms with Crippen LogP contribution in [0.2, 0.25) is 0 Å². The quantitative estimate of drug-likeness (QED) is 0.435. The first kappa shape index (κ1) is 23.6. The molecule has 1 aromatic rings. The normalized spacial score (nSPS) is 18.3. The Bertz CT molecular complexity index is 696. The Morgan fingerprint density at radius 1 is 1.29 bits per heavy atom. The molecule has 0 unspecified atom stereocenters. The summed E-state index contributed by atoms with van der Waals surface area (Å²) in [5, 5.41) is 16.6. The number of rotatable bonds is 12. The third-order valence-corrected chi connectivity index (χ3v) is 6.19. The van der Waals surface area contributed by atoms with Crippen molar-refractivity contribution in [2.45, 2.75) is 50.8 Å². The van der Waals surface area contributed by atoms with E-state index in [0.717, 1.165) is 25.2 Å². The molecule has 3 rings (SSSR count). The molecule has 2 fully saturated rings. The molecule has 174 valence electrons. The van der Waals surface area contributed by atoms with E-state index in [1.807, 2.05) is 23.1 Å². The van der Waals surface area contributed by atoms with E-state index in [1.54, 1.807) is 7.11 Å². The second-order valence-corrected chi connectivity index (χ2v) is 8.58. The molecule has 2 aliphatic rings. The number of carbonyl (C=O) groups excluding carboxylic acids is 1. The maximum Gasteiger partial charge on any atom is 0.317 e. The summed E-state index contributed by atoms with van der Waals surface area (Å²) in [6.07, 6.45) is 5.80. The molecule has 3 N–H and O–H groups in total. The lowest BCUT2D eigenvalue weighted by Crippen LogP contribution is -2.40. The topological polar surface area (TPSA) is 86.3 Å². The van der Waals surface area contributed by atoms with Crippen LogP contribution in [0, 0.1) is 0 Å². The number of amides is 2. The fourth-order valence-electron chi connectivity index (χ4n) is 4.35. The van der Waals surface area contributed by atoms with Gasteiger partial charge in [0.25, 0.3) is 0 Å². The smallest absolute Gasteiger partial charge is 0.317 e. The summed E-state index contributed by atoms with van der Waals surface area (Å²) in [7, 11) is 3.72. The number of nitrogens with one attached hydrogen (secondary N) is 2. The van der Waals surface area contributed by atoms with Gasteiger partial charge in [0.15, 0.2) is 11.5 Å². The van der Waals surface area contributed by atoms with Crippen LogP contribution in [0.4, 0.5) is 4.79 Å². The summed E-state index contributed by atoms with van der Waals surface area (Å²) in [6, 6.07) is 6.42. The molecule has 8 nitrogen and oxygen atoms in total. The molecule has 31 heavy (non-hydrogen) atoms. The number of hydrogen-bond acceptors (Lipinski definition) is 6. The van der Waals surface area contributed by atoms with Gasteiger partial charge in [0.05, 0.1) is 7.11 Å². The molecule has 1 heterocycles. The lowest BCUT2D eigenvalue weighted by molar-refractivity contribution is 0.0553. The number of aliphatic hydroxyl groups is 1. The second-order valence-electron chi connectivity index (χ2n) is 8.58. The fourth-order valence-corrected chi connectivity index (χ4v) is 4.35. The highest BCUT2D eigenvalue weighted by molar-refractivity contribution is 5.76. The summed E-state index contributed by atoms with van der Waals surface area (Å²) in [5.74, 6) is 1.30. The molecule has 0 radical (unpaired) electrons. The maximum atomic E-state index is 11.5. The minimum atomic E-state index is -0.541. The molecular formula is C23H38N4O4. The molecule has 1 aliphatic heterocycles. The maximum absolute atomic E-state index is 11.5. The number of methoxy groups -OCH3 is 1. The Kier molecular flexibility index (Phi) is 9.24. The van der Waals surface area contributed by atoms with Crippen LogP contribution in [0.1, 0.15) is 37.7 Å². The van der Waals surface area contributed by atoms with Crippen molar-refractivity contribution in [2.24, 2.45) is 0 Å². The summed E-state index contributed by atoms with van der Waals surface area (Å²) < 4.78 is 11.4. The highest BCUT2D eigenvalue weighted by atomic mass is 16.5. The van der Waals surface area contributed by atoms with Crippen LogP contribution in [0.15, 0.2) is 18.2 Å². The molecule has 1 saturated heterocycles. The Hall–Kier alpha value is -2.03. The minimum absolute atomic E-state index is 0.0112. The second kappa shape index (κ2) is 12.1. The molecule has 1 atom stereocenters. The van der Waals surface area contributed by atoms with Gasteiger partial charge in [0.1, 0.15) is 12.7 Å². The molecule has 8 heteroatoms. The van der Waals surface area contributed by atoms with Gasteiger partial charge in [0.2, 0.25) is 0 Å². The van der Waals surface area contributed by atoms with E-state index < -0.39 is 6.10 Å². The minimum Gasteiger partial charge on any atom is -0.493 e. The van der Waals surface area contributed by atoms with Crippen molar-refractivity contribution in [3.05, 3.63) is 23.8 Å². The van der Waals surface area contributed by atoms with Gasteiger partial charge in [-0.3, -0.25) is 0 Å². The van der Waals surface area contributed by atoms with Gasteiger partial charge >= 0.3 is 6.03 Å². The molecule has 0 spiro atoms. The zero-order chi connectivity index (χ0) is 22.1. The van der Waals surface area contributed by atoms with Crippen molar-refractivity contribution < 1.29 is 19.4 Å². The van der Waals surface area contributed by atoms with Crippen LogP contribution in [0.25, 0.3) is 0 Å². The van der Waals surface area contributed by atoms with Crippen molar-refractivity contribution in [3.63, 3.8) is 0 Å². The van der Waals surface area contributed by atoms with Gasteiger partial charge in [-0.1, -0.05) is 25.3 Å². The fraction of sp³-hybridized carbons (Fsp3) is 0.696. The van der Waals surface area contributed by atoms with Crippen LogP contribution >= 0.6 is 0 Å². The van der Waals surface area contributed by atoms with E-state index in [2.05, 4.69) is 22.6 Å². The zero-order valence-electron chi connectivity index (χ0n) is 18.9. The highest BCUT2D eigenvalue weighted by Gasteiger charge is 2.21. The molecule has 2 amide bonds. The average Bonchev–Trinajstić information content (AvgIpc) is 3.20. The van der Waals surface area contributed by atoms with Crippen LogP contribution in [0.3, 0.4) is 0 Å². The molecule has 1 aliphatic carbocycles. The lowest BCUT2D eigenvalue weighted by Gasteiger charge is -2.32. The third-order valence-electron chi connectivity index (χ3n) is 6.19. The largest absolute Gasteiger partial charge is 0.493 e. The van der Waals surface area contributed by atoms with E-state index in [0.29, 0.717) is 37.2 Å². The number of hydrogen-bond donors (Lipinski definition) is 3. The Balaban J connectivity index is 1.40. The molecule has 0 bridgehead atoms. The molecule has 1 aromatic carbocycles. The van der Waals surface area contributed by atoms with Crippen LogP contribution in [0.5, 0.6) is 11.5 Å². The number of benzene rings is 1. The highest BCUT2D eigenvalue weighted by Crippen LogP contribution is 2.28. The Morgan fingerprint density at radius 3 is 2.81 bits per heavy atom. The van der Waals surface area contributed by atoms with Crippen molar-refractivity contribution in [1.29, 1.82) is 0 Å². The average molecular weight is 435 g/mol. The van der Waals surface area contributed by atoms with Crippen molar-refractivity contribution in [3.8, 4) is 11.5 Å². The van der Waals surface area contributed by atoms with E-state index in [4.69, 9.17) is 9.47 Å². The van der Waals surface area contributed by atoms with Gasteiger partial charge in [-0.15, -0.1) is 0 Å². The van der Waals surface area contributed by atoms with Crippen molar-refractivity contribution in [2.75, 3.05) is 53.5 Å².